The van der Waals surface area contributed by atoms with Crippen molar-refractivity contribution in [3.8, 4) is 0 Å². The number of alkyl halides is 3. The molecule has 1 N–H and O–H groups in total. The third-order valence-corrected chi connectivity index (χ3v) is 5.05. The zero-order chi connectivity index (χ0) is 14.8. The van der Waals surface area contributed by atoms with Crippen LogP contribution in [0.3, 0.4) is 0 Å². The predicted octanol–water partition coefficient (Wildman–Crippen LogP) is 5.55. The Bertz CT molecular complexity index is 568. The summed E-state index contributed by atoms with van der Waals surface area (Å²) in [7, 11) is 0. The summed E-state index contributed by atoms with van der Waals surface area (Å²) in [6.45, 7) is 0. The molecule has 0 amide bonds. The molecule has 108 valence electrons. The Morgan fingerprint density at radius 3 is 2.35 bits per heavy atom. The van der Waals surface area contributed by atoms with Crippen LogP contribution in [0.1, 0.15) is 11.6 Å². The van der Waals surface area contributed by atoms with Crippen LogP contribution in [0.15, 0.2) is 44.4 Å². The Morgan fingerprint density at radius 1 is 1.20 bits per heavy atom. The zero-order valence-electron chi connectivity index (χ0n) is 9.75. The van der Waals surface area contributed by atoms with Gasteiger partial charge in [-0.05, 0) is 51.6 Å². The Balaban J connectivity index is 2.14. The smallest absolute Gasteiger partial charge is 0.243 e. The van der Waals surface area contributed by atoms with Gasteiger partial charge in [0.2, 0.25) is 0 Å². The molecule has 0 aliphatic carbocycles. The lowest BCUT2D eigenvalue weighted by molar-refractivity contribution is -0.152. The van der Waals surface area contributed by atoms with Crippen LogP contribution in [0.2, 0.25) is 0 Å². The van der Waals surface area contributed by atoms with Crippen molar-refractivity contribution >= 4 is 39.2 Å². The molecule has 0 aliphatic rings. The summed E-state index contributed by atoms with van der Waals surface area (Å²) in [5.74, 6) is -0.565. The fourth-order valence-corrected chi connectivity index (χ4v) is 3.92. The standard InChI is InChI=1S/C12H8BrF4NS2/c13-8-5-10(19-6-8)20-18-11(12(15,16)17)7-1-3-9(14)4-2-7/h1-6,11,18H. The zero-order valence-corrected chi connectivity index (χ0v) is 13.0. The van der Waals surface area contributed by atoms with Crippen LogP contribution < -0.4 is 4.72 Å². The maximum atomic E-state index is 13.0. The average Bonchev–Trinajstić information content (AvgIpc) is 2.76. The van der Waals surface area contributed by atoms with Crippen LogP contribution in [-0.2, 0) is 0 Å². The maximum absolute atomic E-state index is 13.0. The van der Waals surface area contributed by atoms with E-state index in [2.05, 4.69) is 20.7 Å². The molecule has 0 spiro atoms. The Morgan fingerprint density at radius 2 is 1.85 bits per heavy atom. The Hall–Kier alpha value is -0.570. The third kappa shape index (κ3) is 4.21. The number of thiophene rings is 1. The van der Waals surface area contributed by atoms with E-state index < -0.39 is 18.0 Å². The lowest BCUT2D eigenvalue weighted by atomic mass is 10.1. The molecule has 20 heavy (non-hydrogen) atoms. The minimum Gasteiger partial charge on any atom is -0.243 e. The molecular weight excluding hydrogens is 378 g/mol. The second-order valence-corrected chi connectivity index (χ2v) is 6.80. The SMILES string of the molecule is Fc1ccc(C(NSc2cc(Br)cs2)C(F)(F)F)cc1. The number of hydrogen-bond donors (Lipinski definition) is 1. The van der Waals surface area contributed by atoms with Crippen LogP contribution in [0.25, 0.3) is 0 Å². The fraction of sp³-hybridized carbons (Fsp3) is 0.167. The molecule has 2 aromatic rings. The molecule has 0 bridgehead atoms. The number of benzene rings is 1. The quantitative estimate of drug-likeness (QED) is 0.546. The lowest BCUT2D eigenvalue weighted by Crippen LogP contribution is -2.30. The second-order valence-electron chi connectivity index (χ2n) is 3.83. The van der Waals surface area contributed by atoms with Gasteiger partial charge in [-0.25, -0.2) is 9.11 Å². The highest BCUT2D eigenvalue weighted by Gasteiger charge is 2.40. The van der Waals surface area contributed by atoms with Gasteiger partial charge in [0.25, 0.3) is 0 Å². The molecule has 0 saturated heterocycles. The molecule has 1 heterocycles. The molecule has 2 rings (SSSR count). The summed E-state index contributed by atoms with van der Waals surface area (Å²) >= 11 is 5.46. The number of nitrogens with one attached hydrogen (secondary N) is 1. The van der Waals surface area contributed by atoms with Gasteiger partial charge in [0.05, 0.1) is 4.21 Å². The average molecular weight is 386 g/mol. The molecule has 1 nitrogen and oxygen atoms in total. The predicted molar refractivity (Wildman–Crippen MR) is 76.2 cm³/mol. The first-order chi connectivity index (χ1) is 9.36. The highest BCUT2D eigenvalue weighted by Crippen LogP contribution is 2.36. The lowest BCUT2D eigenvalue weighted by Gasteiger charge is -2.21. The van der Waals surface area contributed by atoms with Crippen molar-refractivity contribution in [1.29, 1.82) is 0 Å². The molecule has 1 aromatic carbocycles. The van der Waals surface area contributed by atoms with Crippen molar-refractivity contribution in [2.75, 3.05) is 0 Å². The van der Waals surface area contributed by atoms with Gasteiger partial charge < -0.3 is 0 Å². The van der Waals surface area contributed by atoms with Gasteiger partial charge in [-0.2, -0.15) is 13.2 Å². The molecule has 0 saturated carbocycles. The highest BCUT2D eigenvalue weighted by molar-refractivity contribution is 9.10. The van der Waals surface area contributed by atoms with Crippen molar-refractivity contribution in [1.82, 2.24) is 4.72 Å². The van der Waals surface area contributed by atoms with Crippen molar-refractivity contribution in [3.63, 3.8) is 0 Å². The normalized spacial score (nSPS) is 13.4. The third-order valence-electron chi connectivity index (χ3n) is 2.35. The summed E-state index contributed by atoms with van der Waals surface area (Å²) in [5.41, 5.74) is -0.0259. The van der Waals surface area contributed by atoms with E-state index in [9.17, 15) is 17.6 Å². The summed E-state index contributed by atoms with van der Waals surface area (Å²) in [6, 6.07) is 4.16. The minimum absolute atomic E-state index is 0.0259. The minimum atomic E-state index is -4.46. The topological polar surface area (TPSA) is 12.0 Å². The Kier molecular flexibility index (Phi) is 5.11. The van der Waals surface area contributed by atoms with Gasteiger partial charge in [-0.15, -0.1) is 11.3 Å². The van der Waals surface area contributed by atoms with Crippen LogP contribution in [-0.4, -0.2) is 6.18 Å². The molecule has 0 fully saturated rings. The molecular formula is C12H8BrF4NS2. The van der Waals surface area contributed by atoms with E-state index in [1.54, 1.807) is 11.4 Å². The van der Waals surface area contributed by atoms with E-state index in [4.69, 9.17) is 0 Å². The fourth-order valence-electron chi connectivity index (χ4n) is 1.44. The van der Waals surface area contributed by atoms with E-state index >= 15 is 0 Å². The maximum Gasteiger partial charge on any atom is 0.408 e. The summed E-state index contributed by atoms with van der Waals surface area (Å²) in [4.78, 5) is 0. The first-order valence-electron chi connectivity index (χ1n) is 5.35. The molecule has 8 heteroatoms. The van der Waals surface area contributed by atoms with Crippen molar-refractivity contribution < 1.29 is 17.6 Å². The number of rotatable bonds is 4. The molecule has 0 radical (unpaired) electrons. The van der Waals surface area contributed by atoms with Gasteiger partial charge in [0.1, 0.15) is 11.9 Å². The first-order valence-corrected chi connectivity index (χ1v) is 7.84. The van der Waals surface area contributed by atoms with Crippen LogP contribution in [0, 0.1) is 5.82 Å². The molecule has 1 unspecified atom stereocenters. The van der Waals surface area contributed by atoms with Gasteiger partial charge >= 0.3 is 6.18 Å². The largest absolute Gasteiger partial charge is 0.408 e. The summed E-state index contributed by atoms with van der Waals surface area (Å²) in [5, 5.41) is 1.78. The van der Waals surface area contributed by atoms with Crippen molar-refractivity contribution in [2.24, 2.45) is 0 Å². The van der Waals surface area contributed by atoms with Crippen molar-refractivity contribution in [3.05, 3.63) is 51.6 Å². The number of halogens is 5. The van der Waals surface area contributed by atoms with Gasteiger partial charge in [-0.1, -0.05) is 12.1 Å². The second kappa shape index (κ2) is 6.46. The highest BCUT2D eigenvalue weighted by atomic mass is 79.9. The van der Waals surface area contributed by atoms with E-state index in [1.165, 1.54) is 11.3 Å². The van der Waals surface area contributed by atoms with E-state index in [-0.39, 0.29) is 5.56 Å². The molecule has 1 atom stereocenters. The Labute approximate surface area is 129 Å². The van der Waals surface area contributed by atoms with Gasteiger partial charge in [0.15, 0.2) is 0 Å². The van der Waals surface area contributed by atoms with E-state index in [0.717, 1.165) is 40.7 Å². The van der Waals surface area contributed by atoms with Gasteiger partial charge in [-0.3, -0.25) is 0 Å². The van der Waals surface area contributed by atoms with Crippen molar-refractivity contribution in [2.45, 2.75) is 16.4 Å². The molecule has 0 aliphatic heterocycles. The summed E-state index contributed by atoms with van der Waals surface area (Å²) < 4.78 is 55.8. The van der Waals surface area contributed by atoms with Crippen LogP contribution >= 0.6 is 39.2 Å². The summed E-state index contributed by atoms with van der Waals surface area (Å²) in [6.07, 6.45) is -4.46. The molecule has 1 aromatic heterocycles. The monoisotopic (exact) mass is 385 g/mol. The first kappa shape index (κ1) is 15.8. The van der Waals surface area contributed by atoms with Crippen LogP contribution in [0.5, 0.6) is 0 Å². The van der Waals surface area contributed by atoms with Crippen LogP contribution in [0.4, 0.5) is 17.6 Å². The number of hydrogen-bond acceptors (Lipinski definition) is 3. The van der Waals surface area contributed by atoms with E-state index in [0.29, 0.717) is 4.21 Å². The van der Waals surface area contributed by atoms with Gasteiger partial charge in [0, 0.05) is 9.85 Å². The van der Waals surface area contributed by atoms with E-state index in [1.807, 2.05) is 0 Å².